The fourth-order valence-corrected chi connectivity index (χ4v) is 4.45. The van der Waals surface area contributed by atoms with E-state index in [-0.39, 0.29) is 5.91 Å². The lowest BCUT2D eigenvalue weighted by Gasteiger charge is -2.08. The molecular formula is C29H26N8O. The molecule has 1 aliphatic heterocycles. The molecule has 0 radical (unpaired) electrons. The van der Waals surface area contributed by atoms with Crippen LogP contribution in [0.25, 0.3) is 27.6 Å². The molecule has 0 atom stereocenters. The molecule has 6 rings (SSSR count). The first-order valence-electron chi connectivity index (χ1n) is 12.4. The molecule has 0 unspecified atom stereocenters. The number of aromatic nitrogens is 5. The number of aromatic amines is 2. The third-order valence-corrected chi connectivity index (χ3v) is 6.39. The van der Waals surface area contributed by atoms with E-state index < -0.39 is 0 Å². The Morgan fingerprint density at radius 3 is 2.84 bits per heavy atom. The second-order valence-electron chi connectivity index (χ2n) is 9.30. The first kappa shape index (κ1) is 23.4. The zero-order valence-corrected chi connectivity index (χ0v) is 21.0. The van der Waals surface area contributed by atoms with Crippen molar-refractivity contribution in [1.82, 2.24) is 30.2 Å². The predicted molar refractivity (Wildman–Crippen MR) is 150 cm³/mol. The summed E-state index contributed by atoms with van der Waals surface area (Å²) in [6.07, 6.45) is 8.43. The van der Waals surface area contributed by atoms with Gasteiger partial charge in [-0.1, -0.05) is 23.8 Å². The zero-order chi connectivity index (χ0) is 26.1. The lowest BCUT2D eigenvalue weighted by atomic mass is 10.1. The molecule has 1 aliphatic rings. The first-order valence-corrected chi connectivity index (χ1v) is 12.4. The fraction of sp³-hybridized carbons (Fsp3) is 0.138. The van der Waals surface area contributed by atoms with Crippen LogP contribution in [0.3, 0.4) is 0 Å². The van der Waals surface area contributed by atoms with Gasteiger partial charge in [-0.2, -0.15) is 0 Å². The monoisotopic (exact) mass is 502 g/mol. The van der Waals surface area contributed by atoms with E-state index in [0.717, 1.165) is 51.0 Å². The summed E-state index contributed by atoms with van der Waals surface area (Å²) < 4.78 is 0. The standard InChI is InChI=1S/C29H26N8O/c1-17-7-8-21(30-11-9-17)24-10-12-31-29(37-24)33-20-13-18(2)27-19(14-20)15-25(36-27)28(38)32-16-26-34-22-5-3-4-6-23(22)35-26/h3-6,8-15,36H,7,16H2,1-2H3,(H,32,38)(H,34,35)(H,31,33,37). The van der Waals surface area contributed by atoms with Crippen molar-refractivity contribution in [3.8, 4) is 0 Å². The molecule has 0 fully saturated rings. The van der Waals surface area contributed by atoms with Crippen LogP contribution in [-0.4, -0.2) is 37.0 Å². The van der Waals surface area contributed by atoms with Gasteiger partial charge in [-0.05, 0) is 68.3 Å². The number of carbonyl (C=O) groups is 1. The van der Waals surface area contributed by atoms with E-state index in [1.54, 1.807) is 12.4 Å². The Morgan fingerprint density at radius 2 is 1.95 bits per heavy atom. The van der Waals surface area contributed by atoms with Crippen molar-refractivity contribution in [2.75, 3.05) is 5.32 Å². The maximum atomic E-state index is 12.9. The molecule has 0 bridgehead atoms. The SMILES string of the molecule is CC1=CC=NC(c2ccnc(Nc3cc(C)c4[nH]c(C(=O)NCc5nc6ccccc6[nH]5)cc4c3)n2)=CC1. The molecule has 9 heteroatoms. The third kappa shape index (κ3) is 4.81. The molecule has 188 valence electrons. The number of hydrogen-bond donors (Lipinski definition) is 4. The highest BCUT2D eigenvalue weighted by molar-refractivity contribution is 5.99. The quantitative estimate of drug-likeness (QED) is 0.241. The Labute approximate surface area is 218 Å². The van der Waals surface area contributed by atoms with E-state index >= 15 is 0 Å². The lowest BCUT2D eigenvalue weighted by Crippen LogP contribution is -2.23. The summed E-state index contributed by atoms with van der Waals surface area (Å²) in [5.74, 6) is 0.983. The van der Waals surface area contributed by atoms with Gasteiger partial charge >= 0.3 is 0 Å². The van der Waals surface area contributed by atoms with Crippen molar-refractivity contribution >= 4 is 51.4 Å². The molecule has 4 heterocycles. The van der Waals surface area contributed by atoms with Crippen LogP contribution in [0.1, 0.15) is 40.9 Å². The van der Waals surface area contributed by atoms with E-state index in [1.165, 1.54) is 5.57 Å². The lowest BCUT2D eigenvalue weighted by molar-refractivity contribution is 0.0946. The Hall–Kier alpha value is -5.05. The molecule has 0 saturated carbocycles. The number of aryl methyl sites for hydroxylation is 1. The van der Waals surface area contributed by atoms with Crippen LogP contribution in [0.4, 0.5) is 11.6 Å². The van der Waals surface area contributed by atoms with Gasteiger partial charge < -0.3 is 20.6 Å². The van der Waals surface area contributed by atoms with Gasteiger partial charge in [0.2, 0.25) is 5.95 Å². The normalized spacial score (nSPS) is 13.3. The smallest absolute Gasteiger partial charge is 0.268 e. The molecule has 2 aromatic carbocycles. The van der Waals surface area contributed by atoms with Crippen LogP contribution in [0.15, 0.2) is 77.4 Å². The Morgan fingerprint density at radius 1 is 1.05 bits per heavy atom. The average Bonchev–Trinajstić information content (AvgIpc) is 3.47. The molecular weight excluding hydrogens is 476 g/mol. The molecule has 38 heavy (non-hydrogen) atoms. The van der Waals surface area contributed by atoms with Crippen molar-refractivity contribution in [2.45, 2.75) is 26.8 Å². The van der Waals surface area contributed by atoms with Gasteiger partial charge in [0.25, 0.3) is 5.91 Å². The molecule has 0 spiro atoms. The van der Waals surface area contributed by atoms with Crippen LogP contribution >= 0.6 is 0 Å². The summed E-state index contributed by atoms with van der Waals surface area (Å²) in [6.45, 7) is 4.38. The number of amides is 1. The minimum atomic E-state index is -0.200. The van der Waals surface area contributed by atoms with Crippen LogP contribution in [0.2, 0.25) is 0 Å². The van der Waals surface area contributed by atoms with E-state index in [0.29, 0.717) is 24.0 Å². The molecule has 9 nitrogen and oxygen atoms in total. The number of anilines is 2. The number of allylic oxidation sites excluding steroid dienone is 3. The highest BCUT2D eigenvalue weighted by Gasteiger charge is 2.13. The summed E-state index contributed by atoms with van der Waals surface area (Å²) in [5.41, 5.74) is 7.84. The van der Waals surface area contributed by atoms with Gasteiger partial charge in [0.15, 0.2) is 0 Å². The number of imidazole rings is 1. The minimum absolute atomic E-state index is 0.200. The van der Waals surface area contributed by atoms with Crippen molar-refractivity contribution in [3.63, 3.8) is 0 Å². The zero-order valence-electron chi connectivity index (χ0n) is 21.0. The van der Waals surface area contributed by atoms with Crippen LogP contribution in [0, 0.1) is 6.92 Å². The van der Waals surface area contributed by atoms with Crippen molar-refractivity contribution in [1.29, 1.82) is 0 Å². The number of hydrogen-bond acceptors (Lipinski definition) is 6. The van der Waals surface area contributed by atoms with Crippen LogP contribution < -0.4 is 10.6 Å². The molecule has 3 aromatic heterocycles. The predicted octanol–water partition coefficient (Wildman–Crippen LogP) is 5.58. The Balaban J connectivity index is 1.18. The Bertz CT molecular complexity index is 1740. The van der Waals surface area contributed by atoms with Crippen LogP contribution in [0.5, 0.6) is 0 Å². The second kappa shape index (κ2) is 9.78. The number of para-hydroxylation sites is 2. The second-order valence-corrected chi connectivity index (χ2v) is 9.30. The number of carbonyl (C=O) groups excluding carboxylic acids is 1. The number of benzene rings is 2. The minimum Gasteiger partial charge on any atom is -0.350 e. The molecule has 0 aliphatic carbocycles. The van der Waals surface area contributed by atoms with E-state index in [4.69, 9.17) is 0 Å². The number of fused-ring (bicyclic) bond motifs is 2. The number of rotatable bonds is 6. The van der Waals surface area contributed by atoms with Gasteiger partial charge in [-0.15, -0.1) is 0 Å². The maximum absolute atomic E-state index is 12.9. The average molecular weight is 503 g/mol. The van der Waals surface area contributed by atoms with Crippen molar-refractivity contribution in [3.05, 3.63) is 95.2 Å². The highest BCUT2D eigenvalue weighted by Crippen LogP contribution is 2.26. The van der Waals surface area contributed by atoms with Crippen molar-refractivity contribution in [2.24, 2.45) is 4.99 Å². The van der Waals surface area contributed by atoms with E-state index in [1.807, 2.05) is 61.5 Å². The molecule has 5 aromatic rings. The summed E-state index contributed by atoms with van der Waals surface area (Å²) in [5, 5.41) is 7.15. The van der Waals surface area contributed by atoms with Gasteiger partial charge in [0.1, 0.15) is 11.5 Å². The van der Waals surface area contributed by atoms with Gasteiger partial charge in [-0.25, -0.2) is 15.0 Å². The Kier molecular flexibility index (Phi) is 6.01. The summed E-state index contributed by atoms with van der Waals surface area (Å²) in [6, 6.07) is 15.5. The summed E-state index contributed by atoms with van der Waals surface area (Å²) in [4.78, 5) is 37.4. The molecule has 0 saturated heterocycles. The van der Waals surface area contributed by atoms with Crippen LogP contribution in [-0.2, 0) is 6.54 Å². The maximum Gasteiger partial charge on any atom is 0.268 e. The fourth-order valence-electron chi connectivity index (χ4n) is 4.45. The number of nitrogens with zero attached hydrogens (tertiary/aromatic N) is 4. The molecule has 1 amide bonds. The molecule has 4 N–H and O–H groups in total. The number of nitrogens with one attached hydrogen (secondary N) is 4. The van der Waals surface area contributed by atoms with Gasteiger partial charge in [0.05, 0.1) is 29.0 Å². The van der Waals surface area contributed by atoms with E-state index in [2.05, 4.69) is 53.5 Å². The topological polar surface area (TPSA) is 124 Å². The highest BCUT2D eigenvalue weighted by atomic mass is 16.1. The summed E-state index contributed by atoms with van der Waals surface area (Å²) >= 11 is 0. The number of H-pyrrole nitrogens is 2. The first-order chi connectivity index (χ1) is 18.5. The van der Waals surface area contributed by atoms with Crippen molar-refractivity contribution < 1.29 is 4.79 Å². The third-order valence-electron chi connectivity index (χ3n) is 6.39. The largest absolute Gasteiger partial charge is 0.350 e. The van der Waals surface area contributed by atoms with Gasteiger partial charge in [-0.3, -0.25) is 9.79 Å². The van der Waals surface area contributed by atoms with E-state index in [9.17, 15) is 4.79 Å². The van der Waals surface area contributed by atoms with Gasteiger partial charge in [0, 0.05) is 29.0 Å². The summed E-state index contributed by atoms with van der Waals surface area (Å²) in [7, 11) is 0. The number of aliphatic imine (C=N–C) groups is 1.